The van der Waals surface area contributed by atoms with Crippen molar-refractivity contribution in [1.29, 1.82) is 0 Å². The smallest absolute Gasteiger partial charge is 0.160 e. The van der Waals surface area contributed by atoms with Gasteiger partial charge in [-0.25, -0.2) is 24.9 Å². The highest BCUT2D eigenvalue weighted by Crippen LogP contribution is 2.39. The van der Waals surface area contributed by atoms with E-state index in [2.05, 4.69) is 145 Å². The third-order valence-electron chi connectivity index (χ3n) is 9.60. The number of thiophene rings is 1. The minimum atomic E-state index is 0.669. The van der Waals surface area contributed by atoms with E-state index < -0.39 is 0 Å². The monoisotopic (exact) mass is 695 g/mol. The molecule has 0 spiro atoms. The molecule has 5 nitrogen and oxygen atoms in total. The molecule has 53 heavy (non-hydrogen) atoms. The van der Waals surface area contributed by atoms with Crippen LogP contribution in [0.4, 0.5) is 0 Å². The fourth-order valence-electron chi connectivity index (χ4n) is 6.85. The molecule has 0 aliphatic carbocycles. The molecule has 0 aliphatic heterocycles. The van der Waals surface area contributed by atoms with Gasteiger partial charge in [0.05, 0.1) is 27.3 Å². The Bertz CT molecular complexity index is 2920. The molecular formula is C47H29N5S. The Labute approximate surface area is 310 Å². The third-order valence-corrected chi connectivity index (χ3v) is 10.7. The lowest BCUT2D eigenvalue weighted by atomic mass is 10.0. The van der Waals surface area contributed by atoms with Crippen LogP contribution in [0.5, 0.6) is 0 Å². The molecule has 4 heterocycles. The van der Waals surface area contributed by atoms with Crippen LogP contribution in [-0.4, -0.2) is 24.9 Å². The summed E-state index contributed by atoms with van der Waals surface area (Å²) in [5, 5.41) is 3.41. The molecule has 0 unspecified atom stereocenters. The molecule has 0 fully saturated rings. The van der Waals surface area contributed by atoms with E-state index in [1.54, 1.807) is 11.3 Å². The van der Waals surface area contributed by atoms with Gasteiger partial charge in [0.15, 0.2) is 11.6 Å². The Morgan fingerprint density at radius 2 is 0.925 bits per heavy atom. The molecule has 0 N–H and O–H groups in total. The van der Waals surface area contributed by atoms with E-state index >= 15 is 0 Å². The molecule has 0 radical (unpaired) electrons. The maximum atomic E-state index is 5.23. The largest absolute Gasteiger partial charge is 0.245 e. The number of nitrogens with zero attached hydrogens (tertiary/aromatic N) is 5. The van der Waals surface area contributed by atoms with Crippen LogP contribution in [0.15, 0.2) is 176 Å². The van der Waals surface area contributed by atoms with Crippen molar-refractivity contribution < 1.29 is 0 Å². The number of hydrogen-bond donors (Lipinski definition) is 0. The quantitative estimate of drug-likeness (QED) is 0.173. The molecule has 248 valence electrons. The van der Waals surface area contributed by atoms with Gasteiger partial charge < -0.3 is 0 Å². The molecule has 0 saturated carbocycles. The summed E-state index contributed by atoms with van der Waals surface area (Å²) >= 11 is 1.64. The molecule has 0 bridgehead atoms. The summed E-state index contributed by atoms with van der Waals surface area (Å²) in [6.45, 7) is 0. The maximum absolute atomic E-state index is 5.23. The van der Waals surface area contributed by atoms with Crippen molar-refractivity contribution in [3.63, 3.8) is 0 Å². The lowest BCUT2D eigenvalue weighted by molar-refractivity contribution is 1.18. The van der Waals surface area contributed by atoms with Gasteiger partial charge in [0.25, 0.3) is 0 Å². The fourth-order valence-corrected chi connectivity index (χ4v) is 7.95. The predicted octanol–water partition coefficient (Wildman–Crippen LogP) is 12.2. The second kappa shape index (κ2) is 13.0. The molecule has 0 atom stereocenters. The summed E-state index contributed by atoms with van der Waals surface area (Å²) in [5.41, 5.74) is 10.8. The van der Waals surface area contributed by atoms with E-state index in [-0.39, 0.29) is 0 Å². The molecule has 6 heteroatoms. The third kappa shape index (κ3) is 5.81. The Kier molecular flexibility index (Phi) is 7.59. The van der Waals surface area contributed by atoms with Crippen molar-refractivity contribution in [2.75, 3.05) is 0 Å². The first kappa shape index (κ1) is 30.9. The second-order valence-corrected chi connectivity index (χ2v) is 13.9. The van der Waals surface area contributed by atoms with Gasteiger partial charge in [-0.3, -0.25) is 0 Å². The van der Waals surface area contributed by atoms with E-state index in [1.165, 1.54) is 21.9 Å². The van der Waals surface area contributed by atoms with Crippen molar-refractivity contribution in [1.82, 2.24) is 24.9 Å². The van der Waals surface area contributed by atoms with Crippen LogP contribution in [-0.2, 0) is 0 Å². The van der Waals surface area contributed by atoms with Gasteiger partial charge in [-0.15, -0.1) is 11.3 Å². The van der Waals surface area contributed by atoms with Crippen molar-refractivity contribution in [3.05, 3.63) is 176 Å². The highest BCUT2D eigenvalue weighted by atomic mass is 32.1. The van der Waals surface area contributed by atoms with E-state index in [4.69, 9.17) is 19.9 Å². The van der Waals surface area contributed by atoms with Gasteiger partial charge in [-0.2, -0.15) is 0 Å². The minimum Gasteiger partial charge on any atom is -0.245 e. The highest BCUT2D eigenvalue weighted by Gasteiger charge is 2.18. The first-order chi connectivity index (χ1) is 26.2. The zero-order chi connectivity index (χ0) is 35.1. The Hall–Kier alpha value is -6.89. The van der Waals surface area contributed by atoms with Gasteiger partial charge in [-0.05, 0) is 46.2 Å². The summed E-state index contributed by atoms with van der Waals surface area (Å²) < 4.78 is 1.04. The van der Waals surface area contributed by atoms with Crippen molar-refractivity contribution >= 4 is 42.5 Å². The van der Waals surface area contributed by atoms with Crippen molar-refractivity contribution in [2.45, 2.75) is 0 Å². The molecule has 6 aromatic carbocycles. The Morgan fingerprint density at radius 3 is 1.64 bits per heavy atom. The SMILES string of the molecule is c1ccc(-c2ccc(-c3cc(-c4ccc(-c5nc(-c6ccc7ccccc7c6)c6sc7ncccc7c6n5)cc4)nc(-c4ccccc4)n3)cc2)cc1. The van der Waals surface area contributed by atoms with E-state index in [0.717, 1.165) is 65.3 Å². The van der Waals surface area contributed by atoms with E-state index in [1.807, 2.05) is 36.5 Å². The summed E-state index contributed by atoms with van der Waals surface area (Å²) in [6.07, 6.45) is 1.84. The zero-order valence-electron chi connectivity index (χ0n) is 28.4. The van der Waals surface area contributed by atoms with Gasteiger partial charge in [0.1, 0.15) is 4.83 Å². The maximum Gasteiger partial charge on any atom is 0.160 e. The van der Waals surface area contributed by atoms with Gasteiger partial charge >= 0.3 is 0 Å². The van der Waals surface area contributed by atoms with Crippen molar-refractivity contribution in [2.24, 2.45) is 0 Å². The highest BCUT2D eigenvalue weighted by molar-refractivity contribution is 7.25. The van der Waals surface area contributed by atoms with Gasteiger partial charge in [0.2, 0.25) is 0 Å². The van der Waals surface area contributed by atoms with Crippen LogP contribution < -0.4 is 0 Å². The van der Waals surface area contributed by atoms with E-state index in [0.29, 0.717) is 11.6 Å². The van der Waals surface area contributed by atoms with Crippen LogP contribution >= 0.6 is 11.3 Å². The lowest BCUT2D eigenvalue weighted by Gasteiger charge is -2.11. The molecular weight excluding hydrogens is 667 g/mol. The number of fused-ring (bicyclic) bond motifs is 4. The number of benzene rings is 6. The molecule has 10 rings (SSSR count). The second-order valence-electron chi connectivity index (χ2n) is 12.9. The average Bonchev–Trinajstić information content (AvgIpc) is 3.62. The van der Waals surface area contributed by atoms with Gasteiger partial charge in [0, 0.05) is 39.4 Å². The molecule has 0 saturated heterocycles. The first-order valence-corrected chi connectivity index (χ1v) is 18.3. The molecule has 10 aromatic rings. The number of hydrogen-bond acceptors (Lipinski definition) is 6. The lowest BCUT2D eigenvalue weighted by Crippen LogP contribution is -1.96. The molecule has 0 aliphatic rings. The predicted molar refractivity (Wildman–Crippen MR) is 218 cm³/mol. The Morgan fingerprint density at radius 1 is 0.377 bits per heavy atom. The number of rotatable bonds is 6. The normalized spacial score (nSPS) is 11.4. The van der Waals surface area contributed by atoms with E-state index in [9.17, 15) is 0 Å². The summed E-state index contributed by atoms with van der Waals surface area (Å²) in [5.74, 6) is 1.35. The summed E-state index contributed by atoms with van der Waals surface area (Å²) in [4.78, 5) is 26.1. The van der Waals surface area contributed by atoms with Crippen LogP contribution in [0, 0.1) is 0 Å². The molecule has 4 aromatic heterocycles. The standard InChI is InChI=1S/C47H29N5S/c1-3-10-30(11-4-1)32-17-20-33(21-18-32)40-29-41(50-45(49-40)35-13-5-2-6-14-35)34-22-24-36(25-23-34)46-51-42(38-26-19-31-12-7-8-15-37(31)28-38)44-43(52-46)39-16-9-27-48-47(39)53-44/h1-29H. The topological polar surface area (TPSA) is 64.5 Å². The fraction of sp³-hybridized carbons (Fsp3) is 0. The summed E-state index contributed by atoms with van der Waals surface area (Å²) in [7, 11) is 0. The Balaban J connectivity index is 1.07. The first-order valence-electron chi connectivity index (χ1n) is 17.5. The molecule has 0 amide bonds. The number of pyridine rings is 1. The van der Waals surface area contributed by atoms with Crippen molar-refractivity contribution in [3.8, 4) is 67.7 Å². The van der Waals surface area contributed by atoms with Crippen LogP contribution in [0.3, 0.4) is 0 Å². The van der Waals surface area contributed by atoms with Gasteiger partial charge in [-0.1, -0.05) is 146 Å². The summed E-state index contributed by atoms with van der Waals surface area (Å²) in [6, 6.07) is 58.6. The van der Waals surface area contributed by atoms with Crippen LogP contribution in [0.2, 0.25) is 0 Å². The van der Waals surface area contributed by atoms with Crippen LogP contribution in [0.1, 0.15) is 0 Å². The average molecular weight is 696 g/mol. The minimum absolute atomic E-state index is 0.669. The number of aromatic nitrogens is 5. The zero-order valence-corrected chi connectivity index (χ0v) is 29.2. The van der Waals surface area contributed by atoms with Crippen LogP contribution in [0.25, 0.3) is 98.9 Å².